The summed E-state index contributed by atoms with van der Waals surface area (Å²) in [7, 11) is -2.77. The van der Waals surface area contributed by atoms with Crippen molar-refractivity contribution >= 4 is 39.1 Å². The molecule has 0 aliphatic rings. The Labute approximate surface area is 154 Å². The van der Waals surface area contributed by atoms with Crippen molar-refractivity contribution in [1.29, 1.82) is 0 Å². The smallest absolute Gasteiger partial charge is 0.315 e. The quantitative estimate of drug-likeness (QED) is 0.443. The van der Waals surface area contributed by atoms with Gasteiger partial charge in [0.15, 0.2) is 0 Å². The van der Waals surface area contributed by atoms with Crippen molar-refractivity contribution in [3.05, 3.63) is 54.6 Å². The van der Waals surface area contributed by atoms with Crippen molar-refractivity contribution in [3.63, 3.8) is 0 Å². The van der Waals surface area contributed by atoms with Crippen LogP contribution in [0, 0.1) is 6.08 Å². The van der Waals surface area contributed by atoms with E-state index in [0.717, 1.165) is 11.8 Å². The standard InChI is InChI=1S/C16H15FN6O3S/c1-23(11-5-3-2-4-6-11)16-21-14(17)20-15(22-16)19-10-7-8-13(12(18)9-10)27(24,25)26/h2-9H,18H2,1H3,(H,24,25,26)(H,19,20,21,22). The Bertz CT molecular complexity index is 1080. The van der Waals surface area contributed by atoms with Crippen LogP contribution in [0.15, 0.2) is 53.4 Å². The summed E-state index contributed by atoms with van der Waals surface area (Å²) in [4.78, 5) is 12.5. The molecular formula is C16H15FN6O3S. The molecule has 1 aromatic heterocycles. The molecule has 3 aromatic rings. The fraction of sp³-hybridized carbons (Fsp3) is 0.0625. The number of hydrogen-bond acceptors (Lipinski definition) is 8. The van der Waals surface area contributed by atoms with Crippen LogP contribution in [0.1, 0.15) is 0 Å². The normalized spacial score (nSPS) is 11.2. The molecular weight excluding hydrogens is 375 g/mol. The molecule has 2 aromatic carbocycles. The summed E-state index contributed by atoms with van der Waals surface area (Å²) in [6.07, 6.45) is -0.993. The predicted molar refractivity (Wildman–Crippen MR) is 98.2 cm³/mol. The Kier molecular flexibility index (Phi) is 4.88. The first-order valence-electron chi connectivity index (χ1n) is 7.58. The lowest BCUT2D eigenvalue weighted by Gasteiger charge is -2.17. The highest BCUT2D eigenvalue weighted by Crippen LogP contribution is 2.25. The number of para-hydroxylation sites is 1. The zero-order valence-electron chi connectivity index (χ0n) is 14.0. The van der Waals surface area contributed by atoms with Gasteiger partial charge in [-0.3, -0.25) is 4.55 Å². The minimum absolute atomic E-state index is 0.0683. The molecule has 140 valence electrons. The lowest BCUT2D eigenvalue weighted by Crippen LogP contribution is -2.15. The van der Waals surface area contributed by atoms with Crippen molar-refractivity contribution in [3.8, 4) is 0 Å². The van der Waals surface area contributed by atoms with E-state index in [2.05, 4.69) is 20.3 Å². The fourth-order valence-corrected chi connectivity index (χ4v) is 2.90. The van der Waals surface area contributed by atoms with Crippen molar-refractivity contribution in [2.45, 2.75) is 4.90 Å². The molecule has 9 nitrogen and oxygen atoms in total. The Hall–Kier alpha value is -3.31. The van der Waals surface area contributed by atoms with Crippen LogP contribution in [0.3, 0.4) is 0 Å². The Morgan fingerprint density at radius 3 is 2.44 bits per heavy atom. The summed E-state index contributed by atoms with van der Waals surface area (Å²) < 4.78 is 45.3. The lowest BCUT2D eigenvalue weighted by molar-refractivity contribution is 0.483. The molecule has 0 saturated heterocycles. The Morgan fingerprint density at radius 1 is 1.11 bits per heavy atom. The number of hydrogen-bond donors (Lipinski definition) is 3. The van der Waals surface area contributed by atoms with Crippen LogP contribution in [0.4, 0.5) is 33.3 Å². The third-order valence-corrected chi connectivity index (χ3v) is 4.51. The molecule has 0 fully saturated rings. The van der Waals surface area contributed by atoms with E-state index in [1.54, 1.807) is 11.9 Å². The number of halogens is 1. The average molecular weight is 390 g/mol. The number of aromatic nitrogens is 3. The highest BCUT2D eigenvalue weighted by Gasteiger charge is 2.15. The zero-order chi connectivity index (χ0) is 19.6. The third-order valence-electron chi connectivity index (χ3n) is 3.58. The molecule has 1 heterocycles. The number of nitrogen functional groups attached to an aromatic ring is 1. The maximum absolute atomic E-state index is 13.8. The van der Waals surface area contributed by atoms with Gasteiger partial charge in [0.2, 0.25) is 11.9 Å². The molecule has 0 radical (unpaired) electrons. The van der Waals surface area contributed by atoms with Crippen LogP contribution in [-0.2, 0) is 10.1 Å². The second-order valence-corrected chi connectivity index (χ2v) is 6.87. The number of anilines is 5. The molecule has 3 rings (SSSR count). The van der Waals surface area contributed by atoms with Gasteiger partial charge in [-0.25, -0.2) is 0 Å². The topological polar surface area (TPSA) is 134 Å². The summed E-state index contributed by atoms with van der Waals surface area (Å²) in [5.41, 5.74) is 6.50. The van der Waals surface area contributed by atoms with Crippen molar-refractivity contribution in [1.82, 2.24) is 15.0 Å². The molecule has 27 heavy (non-hydrogen) atoms. The SMILES string of the molecule is CN(c1ccccc1)c1nc(F)nc(Nc2ccc(S(=O)(=O)O)c(N)c2)n1. The van der Waals surface area contributed by atoms with E-state index < -0.39 is 21.1 Å². The number of nitrogens with two attached hydrogens (primary N) is 1. The van der Waals surface area contributed by atoms with Crippen molar-refractivity contribution in [2.24, 2.45) is 0 Å². The zero-order valence-corrected chi connectivity index (χ0v) is 14.9. The van der Waals surface area contributed by atoms with Gasteiger partial charge < -0.3 is 16.0 Å². The summed E-state index contributed by atoms with van der Waals surface area (Å²) in [6, 6.07) is 12.8. The van der Waals surface area contributed by atoms with E-state index >= 15 is 0 Å². The first-order chi connectivity index (χ1) is 12.7. The van der Waals surface area contributed by atoms with E-state index in [4.69, 9.17) is 10.3 Å². The van der Waals surface area contributed by atoms with Gasteiger partial charge in [0.05, 0.1) is 5.69 Å². The van der Waals surface area contributed by atoms with E-state index in [9.17, 15) is 12.8 Å². The van der Waals surface area contributed by atoms with Gasteiger partial charge in [0.1, 0.15) is 4.90 Å². The average Bonchev–Trinajstić information content (AvgIpc) is 2.60. The minimum Gasteiger partial charge on any atom is -0.398 e. The van der Waals surface area contributed by atoms with Gasteiger partial charge in [-0.2, -0.15) is 27.8 Å². The fourth-order valence-electron chi connectivity index (χ4n) is 2.30. The third kappa shape index (κ3) is 4.27. The summed E-state index contributed by atoms with van der Waals surface area (Å²) in [5.74, 6) is -0.0296. The number of nitrogens with zero attached hydrogens (tertiary/aromatic N) is 4. The molecule has 0 amide bonds. The van der Waals surface area contributed by atoms with Gasteiger partial charge in [-0.05, 0) is 30.3 Å². The maximum Gasteiger partial charge on any atom is 0.315 e. The van der Waals surface area contributed by atoms with E-state index in [1.807, 2.05) is 30.3 Å². The lowest BCUT2D eigenvalue weighted by atomic mass is 10.3. The van der Waals surface area contributed by atoms with Crippen LogP contribution in [0.5, 0.6) is 0 Å². The van der Waals surface area contributed by atoms with Crippen molar-refractivity contribution < 1.29 is 17.4 Å². The van der Waals surface area contributed by atoms with Crippen LogP contribution in [-0.4, -0.2) is 35.0 Å². The predicted octanol–water partition coefficient (Wildman–Crippen LogP) is 2.35. The molecule has 0 aliphatic heterocycles. The summed E-state index contributed by atoms with van der Waals surface area (Å²) >= 11 is 0. The van der Waals surface area contributed by atoms with Crippen LogP contribution >= 0.6 is 0 Å². The first-order valence-corrected chi connectivity index (χ1v) is 9.02. The van der Waals surface area contributed by atoms with E-state index in [0.29, 0.717) is 5.69 Å². The first kappa shape index (κ1) is 18.5. The van der Waals surface area contributed by atoms with Crippen LogP contribution < -0.4 is 16.0 Å². The highest BCUT2D eigenvalue weighted by molar-refractivity contribution is 7.86. The van der Waals surface area contributed by atoms with Crippen molar-refractivity contribution in [2.75, 3.05) is 23.0 Å². The second kappa shape index (κ2) is 7.13. The van der Waals surface area contributed by atoms with Crippen LogP contribution in [0.2, 0.25) is 0 Å². The van der Waals surface area contributed by atoms with E-state index in [1.165, 1.54) is 12.1 Å². The second-order valence-electron chi connectivity index (χ2n) is 5.48. The molecule has 4 N–H and O–H groups in total. The molecule has 0 bridgehead atoms. The van der Waals surface area contributed by atoms with E-state index in [-0.39, 0.29) is 17.6 Å². The number of rotatable bonds is 5. The van der Waals surface area contributed by atoms with Gasteiger partial charge >= 0.3 is 6.08 Å². The monoisotopic (exact) mass is 390 g/mol. The molecule has 0 saturated carbocycles. The maximum atomic E-state index is 13.8. The summed E-state index contributed by atoms with van der Waals surface area (Å²) in [6.45, 7) is 0. The van der Waals surface area contributed by atoms with Gasteiger partial charge in [0, 0.05) is 18.4 Å². The Balaban J connectivity index is 1.90. The molecule has 0 atom stereocenters. The van der Waals surface area contributed by atoms with Gasteiger partial charge in [-0.1, -0.05) is 18.2 Å². The number of nitrogens with one attached hydrogen (secondary N) is 1. The van der Waals surface area contributed by atoms with Gasteiger partial charge in [0.25, 0.3) is 10.1 Å². The van der Waals surface area contributed by atoms with Gasteiger partial charge in [-0.15, -0.1) is 0 Å². The molecule has 0 unspecified atom stereocenters. The number of benzene rings is 2. The van der Waals surface area contributed by atoms with Crippen LogP contribution in [0.25, 0.3) is 0 Å². The molecule has 11 heteroatoms. The molecule has 0 aliphatic carbocycles. The largest absolute Gasteiger partial charge is 0.398 e. The molecule has 0 spiro atoms. The Morgan fingerprint density at radius 2 is 1.81 bits per heavy atom. The minimum atomic E-state index is -4.44. The summed E-state index contributed by atoms with van der Waals surface area (Å²) in [5, 5.41) is 2.73. The highest BCUT2D eigenvalue weighted by atomic mass is 32.2.